The number of carbonyl (C=O) groups is 2. The van der Waals surface area contributed by atoms with Crippen LogP contribution in [0.5, 0.6) is 17.2 Å². The van der Waals surface area contributed by atoms with Gasteiger partial charge in [-0.3, -0.25) is 19.2 Å². The van der Waals surface area contributed by atoms with E-state index in [1.165, 1.54) is 0 Å². The van der Waals surface area contributed by atoms with Gasteiger partial charge in [-0.05, 0) is 31.5 Å². The van der Waals surface area contributed by atoms with Crippen molar-refractivity contribution >= 4 is 23.2 Å². The minimum Gasteiger partial charge on any atom is -0.496 e. The molecule has 2 aliphatic rings. The van der Waals surface area contributed by atoms with Crippen molar-refractivity contribution in [3.05, 3.63) is 74.0 Å². The Bertz CT molecular complexity index is 1560. The van der Waals surface area contributed by atoms with Crippen LogP contribution in [0, 0.1) is 6.92 Å². The van der Waals surface area contributed by atoms with Crippen molar-refractivity contribution in [1.82, 2.24) is 4.90 Å². The first-order valence-corrected chi connectivity index (χ1v) is 14.7. The number of ether oxygens (including phenoxy) is 3. The standard InChI is InChI=1S/C32H38N4O7/c1-4-42-31-28(29(38)30(31)39)34-13-11-22(12-14-34)43-23-10-9-21(26(18-23)41-3)17-27(37)36-16-15-35(19-25(36)32(33)40)24-8-6-5-7-20(24)2/h5-10,18,22,25H,4,11-17,19H2,1-3H3,(H2,33,40). The number of nitrogens with two attached hydrogens (primary N) is 1. The average molecular weight is 591 g/mol. The maximum atomic E-state index is 13.4. The number of aryl methyl sites for hydroxylation is 1. The molecule has 3 aromatic rings. The van der Waals surface area contributed by atoms with Crippen molar-refractivity contribution in [2.75, 3.05) is 56.2 Å². The molecule has 0 saturated carbocycles. The highest BCUT2D eigenvalue weighted by molar-refractivity contribution is 5.89. The Hall–Kier alpha value is -4.54. The van der Waals surface area contributed by atoms with Crippen LogP contribution < -0.4 is 40.6 Å². The smallest absolute Gasteiger partial charge is 0.272 e. The number of piperazine rings is 1. The highest BCUT2D eigenvalue weighted by Gasteiger charge is 2.35. The molecule has 2 amide bonds. The molecule has 2 saturated heterocycles. The van der Waals surface area contributed by atoms with Gasteiger partial charge in [-0.2, -0.15) is 0 Å². The Kier molecular flexibility index (Phi) is 8.89. The second-order valence-electron chi connectivity index (χ2n) is 11.0. The molecular weight excluding hydrogens is 552 g/mol. The third-order valence-electron chi connectivity index (χ3n) is 8.28. The van der Waals surface area contributed by atoms with E-state index in [1.54, 1.807) is 25.0 Å². The van der Waals surface area contributed by atoms with E-state index in [4.69, 9.17) is 19.9 Å². The van der Waals surface area contributed by atoms with Crippen LogP contribution in [0.2, 0.25) is 0 Å². The molecule has 1 atom stereocenters. The van der Waals surface area contributed by atoms with Crippen LogP contribution in [-0.2, 0) is 16.0 Å². The van der Waals surface area contributed by atoms with Gasteiger partial charge in [-0.15, -0.1) is 0 Å². The summed E-state index contributed by atoms with van der Waals surface area (Å²) in [5.74, 6) is 0.557. The lowest BCUT2D eigenvalue weighted by Crippen LogP contribution is -2.60. The summed E-state index contributed by atoms with van der Waals surface area (Å²) in [6.45, 7) is 6.58. The molecule has 2 aliphatic heterocycles. The van der Waals surface area contributed by atoms with Gasteiger partial charge in [-0.1, -0.05) is 24.3 Å². The van der Waals surface area contributed by atoms with E-state index in [0.29, 0.717) is 74.9 Å². The SMILES string of the molecule is CCOc1c(N2CCC(Oc3ccc(CC(=O)N4CCN(c5ccccc5C)CC4C(N)=O)c(OC)c3)CC2)c(=O)c1=O. The summed E-state index contributed by atoms with van der Waals surface area (Å²) < 4.78 is 17.2. The van der Waals surface area contributed by atoms with Gasteiger partial charge in [0.2, 0.25) is 11.8 Å². The first-order chi connectivity index (χ1) is 20.7. The summed E-state index contributed by atoms with van der Waals surface area (Å²) in [5.41, 5.74) is 7.89. The molecule has 11 heteroatoms. The molecule has 0 spiro atoms. The third kappa shape index (κ3) is 6.16. The van der Waals surface area contributed by atoms with Gasteiger partial charge < -0.3 is 34.6 Å². The summed E-state index contributed by atoms with van der Waals surface area (Å²) in [6.07, 6.45) is 1.29. The molecule has 11 nitrogen and oxygen atoms in total. The molecule has 0 aliphatic carbocycles. The fourth-order valence-corrected chi connectivity index (χ4v) is 5.98. The number of hydrogen-bond acceptors (Lipinski definition) is 9. The van der Waals surface area contributed by atoms with Gasteiger partial charge in [0.15, 0.2) is 5.75 Å². The molecule has 2 fully saturated rings. The summed E-state index contributed by atoms with van der Waals surface area (Å²) in [4.78, 5) is 55.4. The monoisotopic (exact) mass is 590 g/mol. The van der Waals surface area contributed by atoms with E-state index in [0.717, 1.165) is 11.3 Å². The van der Waals surface area contributed by atoms with Crippen molar-refractivity contribution in [2.45, 2.75) is 45.3 Å². The van der Waals surface area contributed by atoms with Crippen molar-refractivity contribution in [3.63, 3.8) is 0 Å². The topological polar surface area (TPSA) is 132 Å². The number of hydrogen-bond donors (Lipinski definition) is 1. The largest absolute Gasteiger partial charge is 0.496 e. The average Bonchev–Trinajstić information content (AvgIpc) is 3.02. The fourth-order valence-electron chi connectivity index (χ4n) is 5.98. The lowest BCUT2D eigenvalue weighted by molar-refractivity contribution is -0.139. The Morgan fingerprint density at radius 2 is 1.72 bits per heavy atom. The van der Waals surface area contributed by atoms with Gasteiger partial charge in [0.25, 0.3) is 10.9 Å². The predicted molar refractivity (Wildman–Crippen MR) is 163 cm³/mol. The van der Waals surface area contributed by atoms with Crippen LogP contribution in [0.4, 0.5) is 11.4 Å². The zero-order valence-electron chi connectivity index (χ0n) is 24.8. The number of piperidine rings is 1. The molecule has 2 N–H and O–H groups in total. The lowest BCUT2D eigenvalue weighted by atomic mass is 10.0. The van der Waals surface area contributed by atoms with Gasteiger partial charge in [-0.25, -0.2) is 0 Å². The zero-order valence-corrected chi connectivity index (χ0v) is 24.8. The molecule has 0 radical (unpaired) electrons. The van der Waals surface area contributed by atoms with Gasteiger partial charge >= 0.3 is 0 Å². The maximum Gasteiger partial charge on any atom is 0.272 e. The van der Waals surface area contributed by atoms with Crippen LogP contribution in [0.25, 0.3) is 0 Å². The number of rotatable bonds is 10. The normalized spacial score (nSPS) is 17.7. The molecule has 2 heterocycles. The van der Waals surface area contributed by atoms with Crippen LogP contribution >= 0.6 is 0 Å². The van der Waals surface area contributed by atoms with Crippen LogP contribution in [-0.4, -0.2) is 75.3 Å². The third-order valence-corrected chi connectivity index (χ3v) is 8.28. The number of nitrogens with zero attached hydrogens (tertiary/aromatic N) is 3. The maximum absolute atomic E-state index is 13.4. The Balaban J connectivity index is 1.20. The molecule has 3 aromatic carbocycles. The lowest BCUT2D eigenvalue weighted by Gasteiger charge is -2.41. The van der Waals surface area contributed by atoms with E-state index in [9.17, 15) is 19.2 Å². The van der Waals surface area contributed by atoms with Crippen molar-refractivity contribution in [1.29, 1.82) is 0 Å². The van der Waals surface area contributed by atoms with Crippen molar-refractivity contribution in [2.24, 2.45) is 5.73 Å². The molecular formula is C32H38N4O7. The highest BCUT2D eigenvalue weighted by Crippen LogP contribution is 2.31. The second-order valence-corrected chi connectivity index (χ2v) is 11.0. The number of carbonyl (C=O) groups excluding carboxylic acids is 2. The van der Waals surface area contributed by atoms with Gasteiger partial charge in [0.1, 0.15) is 29.3 Å². The van der Waals surface area contributed by atoms with Crippen LogP contribution in [0.1, 0.15) is 30.9 Å². The number of anilines is 2. The molecule has 43 heavy (non-hydrogen) atoms. The number of methoxy groups -OCH3 is 1. The van der Waals surface area contributed by atoms with Crippen LogP contribution in [0.3, 0.4) is 0 Å². The first kappa shape index (κ1) is 29.9. The van der Waals surface area contributed by atoms with E-state index < -0.39 is 22.8 Å². The molecule has 0 bridgehead atoms. The Morgan fingerprint density at radius 1 is 0.977 bits per heavy atom. The summed E-state index contributed by atoms with van der Waals surface area (Å²) in [6, 6.07) is 12.6. The first-order valence-electron chi connectivity index (χ1n) is 14.7. The molecule has 228 valence electrons. The van der Waals surface area contributed by atoms with E-state index in [2.05, 4.69) is 4.90 Å². The highest BCUT2D eigenvalue weighted by atomic mass is 16.5. The van der Waals surface area contributed by atoms with Gasteiger partial charge in [0, 0.05) is 62.9 Å². The molecule has 0 aromatic heterocycles. The molecule has 1 unspecified atom stereocenters. The number of primary amides is 1. The number of para-hydroxylation sites is 1. The summed E-state index contributed by atoms with van der Waals surface area (Å²) in [5, 5.41) is 0. The Morgan fingerprint density at radius 3 is 2.40 bits per heavy atom. The minimum atomic E-state index is -0.742. The van der Waals surface area contributed by atoms with Crippen molar-refractivity contribution in [3.8, 4) is 17.2 Å². The zero-order chi connectivity index (χ0) is 30.7. The van der Waals surface area contributed by atoms with E-state index in [-0.39, 0.29) is 24.2 Å². The number of benzene rings is 2. The van der Waals surface area contributed by atoms with Crippen LogP contribution in [0.15, 0.2) is 52.1 Å². The number of amides is 2. The predicted octanol–water partition coefficient (Wildman–Crippen LogP) is 1.79. The van der Waals surface area contributed by atoms with Crippen molar-refractivity contribution < 1.29 is 23.8 Å². The summed E-state index contributed by atoms with van der Waals surface area (Å²) in [7, 11) is 1.54. The molecule has 5 rings (SSSR count). The summed E-state index contributed by atoms with van der Waals surface area (Å²) >= 11 is 0. The van der Waals surface area contributed by atoms with E-state index >= 15 is 0 Å². The Labute approximate surface area is 250 Å². The van der Waals surface area contributed by atoms with Gasteiger partial charge in [0.05, 0.1) is 20.1 Å². The minimum absolute atomic E-state index is 0.0556. The second kappa shape index (κ2) is 12.8. The quantitative estimate of drug-likeness (QED) is 0.351. The fraction of sp³-hybridized carbons (Fsp3) is 0.438. The van der Waals surface area contributed by atoms with E-state index in [1.807, 2.05) is 48.2 Å².